The molecule has 0 aliphatic rings. The Bertz CT molecular complexity index is 194. The molecule has 0 spiro atoms. The Labute approximate surface area is 141 Å². The van der Waals surface area contributed by atoms with Gasteiger partial charge in [-0.3, -0.25) is 0 Å². The maximum Gasteiger partial charge on any atom is 0.0593 e. The van der Waals surface area contributed by atoms with E-state index in [1.807, 2.05) is 0 Å². The summed E-state index contributed by atoms with van der Waals surface area (Å²) in [5.41, 5.74) is 0. The lowest BCUT2D eigenvalue weighted by Crippen LogP contribution is -2.18. The molecule has 0 rings (SSSR count). The summed E-state index contributed by atoms with van der Waals surface area (Å²) in [5, 5.41) is 0. The van der Waals surface area contributed by atoms with E-state index in [1.54, 1.807) is 0 Å². The molecule has 0 aliphatic heterocycles. The summed E-state index contributed by atoms with van der Waals surface area (Å²) in [4.78, 5) is 2.17. The molecule has 0 radical (unpaired) electrons. The molecule has 22 heavy (non-hydrogen) atoms. The first-order valence-corrected chi connectivity index (χ1v) is 10.00. The van der Waals surface area contributed by atoms with E-state index in [9.17, 15) is 0 Å². The van der Waals surface area contributed by atoms with E-state index in [0.717, 1.165) is 19.8 Å². The van der Waals surface area contributed by atoms with Gasteiger partial charge in [0.2, 0.25) is 0 Å². The van der Waals surface area contributed by atoms with E-state index in [-0.39, 0.29) is 0 Å². The van der Waals surface area contributed by atoms with Crippen molar-refractivity contribution in [2.24, 2.45) is 0 Å². The first-order valence-electron chi connectivity index (χ1n) is 10.00. The number of hydrogen-bond donors (Lipinski definition) is 0. The molecule has 0 N–H and O–H groups in total. The second-order valence-corrected chi connectivity index (χ2v) is 7.01. The van der Waals surface area contributed by atoms with E-state index in [2.05, 4.69) is 25.9 Å². The minimum atomic E-state index is 0.880. The van der Waals surface area contributed by atoms with Crippen LogP contribution in [0.1, 0.15) is 96.8 Å². The molecule has 0 amide bonds. The number of hydrogen-bond acceptors (Lipinski definition) is 2. The molecule has 0 atom stereocenters. The Balaban J connectivity index is 2.94. The Morgan fingerprint density at radius 3 is 1.36 bits per heavy atom. The summed E-state index contributed by atoms with van der Waals surface area (Å²) >= 11 is 0. The maximum atomic E-state index is 5.61. The number of unbranched alkanes of at least 4 members (excludes halogenated alkanes) is 13. The van der Waals surface area contributed by atoms with Crippen molar-refractivity contribution in [1.82, 2.24) is 4.90 Å². The normalized spacial score (nSPS) is 11.5. The Morgan fingerprint density at radius 2 is 0.955 bits per heavy atom. The molecule has 0 saturated heterocycles. The van der Waals surface area contributed by atoms with E-state index in [0.29, 0.717) is 0 Å². The SMILES string of the molecule is CCCCCCCCCCCCCCCCOCCN(C)C. The van der Waals surface area contributed by atoms with Crippen LogP contribution in [-0.2, 0) is 4.74 Å². The fourth-order valence-electron chi connectivity index (χ4n) is 2.75. The second kappa shape index (κ2) is 19.0. The number of likely N-dealkylation sites (N-methyl/N-ethyl adjacent to an activating group) is 1. The summed E-state index contributed by atoms with van der Waals surface area (Å²) < 4.78 is 5.61. The van der Waals surface area contributed by atoms with Crippen LogP contribution in [-0.4, -0.2) is 38.8 Å². The Morgan fingerprint density at radius 1 is 0.545 bits per heavy atom. The highest BCUT2D eigenvalue weighted by Crippen LogP contribution is 2.12. The molecule has 0 unspecified atom stereocenters. The van der Waals surface area contributed by atoms with Crippen molar-refractivity contribution in [3.8, 4) is 0 Å². The van der Waals surface area contributed by atoms with Crippen molar-refractivity contribution in [2.75, 3.05) is 33.9 Å². The molecule has 0 aliphatic carbocycles. The smallest absolute Gasteiger partial charge is 0.0593 e. The Kier molecular flexibility index (Phi) is 18.9. The first kappa shape index (κ1) is 21.9. The molecule has 134 valence electrons. The van der Waals surface area contributed by atoms with Gasteiger partial charge in [-0.15, -0.1) is 0 Å². The molecule has 2 heteroatoms. The molecular formula is C20H43NO. The third-order valence-electron chi connectivity index (χ3n) is 4.33. The van der Waals surface area contributed by atoms with Crippen LogP contribution in [0.4, 0.5) is 0 Å². The van der Waals surface area contributed by atoms with Gasteiger partial charge in [0, 0.05) is 13.2 Å². The van der Waals surface area contributed by atoms with Crippen LogP contribution < -0.4 is 0 Å². The number of rotatable bonds is 18. The van der Waals surface area contributed by atoms with Crippen LogP contribution in [0.3, 0.4) is 0 Å². The summed E-state index contributed by atoms with van der Waals surface area (Å²) in [6.45, 7) is 5.16. The van der Waals surface area contributed by atoms with Gasteiger partial charge in [0.05, 0.1) is 6.61 Å². The van der Waals surface area contributed by atoms with Crippen molar-refractivity contribution in [2.45, 2.75) is 96.8 Å². The molecule has 0 fully saturated rings. The van der Waals surface area contributed by atoms with Crippen LogP contribution in [0.5, 0.6) is 0 Å². The van der Waals surface area contributed by atoms with Crippen LogP contribution >= 0.6 is 0 Å². The first-order chi connectivity index (χ1) is 10.8. The van der Waals surface area contributed by atoms with Crippen LogP contribution in [0, 0.1) is 0 Å². The topological polar surface area (TPSA) is 12.5 Å². The lowest BCUT2D eigenvalue weighted by molar-refractivity contribution is 0.114. The van der Waals surface area contributed by atoms with E-state index >= 15 is 0 Å². The van der Waals surface area contributed by atoms with E-state index in [1.165, 1.54) is 89.9 Å². The summed E-state index contributed by atoms with van der Waals surface area (Å²) in [5.74, 6) is 0. The van der Waals surface area contributed by atoms with Crippen LogP contribution in [0.15, 0.2) is 0 Å². The fourth-order valence-corrected chi connectivity index (χ4v) is 2.75. The van der Waals surface area contributed by atoms with Crippen LogP contribution in [0.25, 0.3) is 0 Å². The summed E-state index contributed by atoms with van der Waals surface area (Å²) in [7, 11) is 4.19. The van der Waals surface area contributed by atoms with Gasteiger partial charge in [0.15, 0.2) is 0 Å². The average molecular weight is 314 g/mol. The van der Waals surface area contributed by atoms with Gasteiger partial charge in [-0.25, -0.2) is 0 Å². The maximum absolute atomic E-state index is 5.61. The third kappa shape index (κ3) is 19.9. The van der Waals surface area contributed by atoms with E-state index < -0.39 is 0 Å². The average Bonchev–Trinajstić information content (AvgIpc) is 2.50. The molecule has 0 aromatic rings. The molecule has 0 aromatic heterocycles. The van der Waals surface area contributed by atoms with Crippen molar-refractivity contribution in [3.05, 3.63) is 0 Å². The number of nitrogens with zero attached hydrogens (tertiary/aromatic N) is 1. The minimum Gasteiger partial charge on any atom is -0.380 e. The molecule has 0 heterocycles. The molecule has 0 saturated carbocycles. The van der Waals surface area contributed by atoms with Crippen molar-refractivity contribution in [1.29, 1.82) is 0 Å². The summed E-state index contributed by atoms with van der Waals surface area (Å²) in [6, 6.07) is 0. The third-order valence-corrected chi connectivity index (χ3v) is 4.33. The lowest BCUT2D eigenvalue weighted by atomic mass is 10.0. The highest BCUT2D eigenvalue weighted by atomic mass is 16.5. The largest absolute Gasteiger partial charge is 0.380 e. The zero-order valence-electron chi connectivity index (χ0n) is 15.9. The van der Waals surface area contributed by atoms with Gasteiger partial charge in [-0.05, 0) is 20.5 Å². The molecule has 2 nitrogen and oxygen atoms in total. The predicted molar refractivity (Wildman–Crippen MR) is 99.7 cm³/mol. The highest BCUT2D eigenvalue weighted by Gasteiger charge is 1.95. The predicted octanol–water partition coefficient (Wildman–Crippen LogP) is 6.05. The summed E-state index contributed by atoms with van der Waals surface area (Å²) in [6.07, 6.45) is 19.9. The molecular weight excluding hydrogens is 270 g/mol. The minimum absolute atomic E-state index is 0.880. The second-order valence-electron chi connectivity index (χ2n) is 7.01. The van der Waals surface area contributed by atoms with Crippen molar-refractivity contribution < 1.29 is 4.74 Å². The van der Waals surface area contributed by atoms with E-state index in [4.69, 9.17) is 4.74 Å². The standard InChI is InChI=1S/C20H43NO/c1-4-5-6-7-8-9-10-11-12-13-14-15-16-17-19-22-20-18-21(2)3/h4-20H2,1-3H3. The Hall–Kier alpha value is -0.0800. The zero-order chi connectivity index (χ0) is 16.3. The van der Waals surface area contributed by atoms with Crippen molar-refractivity contribution >= 4 is 0 Å². The van der Waals surface area contributed by atoms with Gasteiger partial charge in [0.25, 0.3) is 0 Å². The van der Waals surface area contributed by atoms with Gasteiger partial charge >= 0.3 is 0 Å². The monoisotopic (exact) mass is 313 g/mol. The lowest BCUT2D eigenvalue weighted by Gasteiger charge is -2.09. The van der Waals surface area contributed by atoms with Gasteiger partial charge in [0.1, 0.15) is 0 Å². The van der Waals surface area contributed by atoms with Gasteiger partial charge in [-0.2, -0.15) is 0 Å². The molecule has 0 bridgehead atoms. The highest BCUT2D eigenvalue weighted by molar-refractivity contribution is 4.49. The van der Waals surface area contributed by atoms with Gasteiger partial charge in [-0.1, -0.05) is 90.4 Å². The number of ether oxygens (including phenoxy) is 1. The zero-order valence-corrected chi connectivity index (χ0v) is 15.9. The fraction of sp³-hybridized carbons (Fsp3) is 1.00. The van der Waals surface area contributed by atoms with Crippen LogP contribution in [0.2, 0.25) is 0 Å². The van der Waals surface area contributed by atoms with Gasteiger partial charge < -0.3 is 9.64 Å². The molecule has 0 aromatic carbocycles. The quantitative estimate of drug-likeness (QED) is 0.286. The van der Waals surface area contributed by atoms with Crippen molar-refractivity contribution in [3.63, 3.8) is 0 Å².